The number of hydrogen-bond acceptors (Lipinski definition) is 8. The first-order valence-corrected chi connectivity index (χ1v) is 8.60. The van der Waals surface area contributed by atoms with E-state index in [1.54, 1.807) is 24.3 Å². The van der Waals surface area contributed by atoms with E-state index in [9.17, 15) is 25.3 Å². The number of ether oxygens (including phenoxy) is 2. The molecule has 2 aromatic rings. The molecule has 0 radical (unpaired) electrons. The number of nitrogens with zero attached hydrogens (tertiary/aromatic N) is 1. The molecule has 5 unspecified atom stereocenters. The quantitative estimate of drug-likeness (QED) is 0.459. The molecular formula is C18H18ClNO8. The van der Waals surface area contributed by atoms with Gasteiger partial charge in [0.25, 0.3) is 0 Å². The average Bonchev–Trinajstić information content (AvgIpc) is 2.68. The average molecular weight is 412 g/mol. The lowest BCUT2D eigenvalue weighted by Gasteiger charge is -2.41. The second-order valence-corrected chi connectivity index (χ2v) is 6.59. The molecular weight excluding hydrogens is 394 g/mol. The Kier molecular flexibility index (Phi) is 6.04. The van der Waals surface area contributed by atoms with Crippen LogP contribution < -0.4 is 9.80 Å². The highest BCUT2D eigenvalue weighted by Gasteiger charge is 2.49. The molecule has 1 saturated heterocycles. The number of carboxylic acid groups (broad SMARTS) is 1. The van der Waals surface area contributed by atoms with E-state index >= 15 is 0 Å². The molecule has 10 heteroatoms. The Bertz CT molecular complexity index is 815. The van der Waals surface area contributed by atoms with Crippen LogP contribution in [0.15, 0.2) is 48.5 Å². The second kappa shape index (κ2) is 8.31. The molecule has 5 N–H and O–H groups in total. The van der Waals surface area contributed by atoms with Crippen molar-refractivity contribution in [3.63, 3.8) is 0 Å². The van der Waals surface area contributed by atoms with Gasteiger partial charge in [-0.05, 0) is 48.5 Å². The molecule has 1 aliphatic rings. The SMILES string of the molecule is O=C(O)C1OC(N(O)c2ccc(Oc3ccc(Cl)cc3)cc2)C(O)C(O)C1O. The second-order valence-electron chi connectivity index (χ2n) is 6.15. The summed E-state index contributed by atoms with van der Waals surface area (Å²) < 4.78 is 10.7. The largest absolute Gasteiger partial charge is 0.479 e. The summed E-state index contributed by atoms with van der Waals surface area (Å²) in [4.78, 5) is 11.2. The van der Waals surface area contributed by atoms with Crippen LogP contribution in [-0.2, 0) is 9.53 Å². The standard InChI is InChI=1S/C18H18ClNO8/c19-9-1-5-11(6-2-9)27-12-7-3-10(4-8-12)20(26)17-15(23)13(21)14(22)16(28-17)18(24)25/h1-8,13-17,21-23,26H,(H,24,25). The molecule has 0 aromatic heterocycles. The minimum Gasteiger partial charge on any atom is -0.479 e. The smallest absolute Gasteiger partial charge is 0.335 e. The van der Waals surface area contributed by atoms with Gasteiger partial charge in [-0.1, -0.05) is 11.6 Å². The number of rotatable bonds is 5. The molecule has 150 valence electrons. The van der Waals surface area contributed by atoms with Gasteiger partial charge in [0.05, 0.1) is 5.69 Å². The Hall–Kier alpha value is -2.40. The highest BCUT2D eigenvalue weighted by molar-refractivity contribution is 6.30. The first-order valence-electron chi connectivity index (χ1n) is 8.22. The number of hydrogen-bond donors (Lipinski definition) is 5. The van der Waals surface area contributed by atoms with Gasteiger partial charge in [-0.3, -0.25) is 5.21 Å². The third kappa shape index (κ3) is 4.20. The summed E-state index contributed by atoms with van der Waals surface area (Å²) in [6.07, 6.45) is -8.83. The monoisotopic (exact) mass is 411 g/mol. The zero-order valence-corrected chi connectivity index (χ0v) is 15.0. The Labute approximate surface area is 164 Å². The van der Waals surface area contributed by atoms with Crippen molar-refractivity contribution in [1.29, 1.82) is 0 Å². The molecule has 1 heterocycles. The predicted octanol–water partition coefficient (Wildman–Crippen LogP) is 1.22. The van der Waals surface area contributed by atoms with Crippen LogP contribution in [0.25, 0.3) is 0 Å². The fourth-order valence-corrected chi connectivity index (χ4v) is 2.85. The van der Waals surface area contributed by atoms with Crippen molar-refractivity contribution < 1.29 is 39.9 Å². The maximum atomic E-state index is 11.2. The van der Waals surface area contributed by atoms with Crippen molar-refractivity contribution in [3.8, 4) is 11.5 Å². The fraction of sp³-hybridized carbons (Fsp3) is 0.278. The maximum Gasteiger partial charge on any atom is 0.335 e. The summed E-state index contributed by atoms with van der Waals surface area (Å²) >= 11 is 5.81. The van der Waals surface area contributed by atoms with Gasteiger partial charge in [0.1, 0.15) is 29.8 Å². The lowest BCUT2D eigenvalue weighted by Crippen LogP contribution is -2.63. The Morgan fingerprint density at radius 3 is 2.00 bits per heavy atom. The van der Waals surface area contributed by atoms with E-state index in [0.29, 0.717) is 21.6 Å². The van der Waals surface area contributed by atoms with Crippen molar-refractivity contribution >= 4 is 23.3 Å². The Balaban J connectivity index is 1.73. The van der Waals surface area contributed by atoms with Gasteiger partial charge in [-0.2, -0.15) is 0 Å². The molecule has 1 fully saturated rings. The molecule has 0 amide bonds. The zero-order valence-electron chi connectivity index (χ0n) is 14.3. The van der Waals surface area contributed by atoms with Crippen LogP contribution in [0.4, 0.5) is 5.69 Å². The molecule has 2 aromatic carbocycles. The molecule has 3 rings (SSSR count). The fourth-order valence-electron chi connectivity index (χ4n) is 2.72. The number of hydroxylamine groups is 1. The van der Waals surface area contributed by atoms with Crippen LogP contribution in [0.2, 0.25) is 5.02 Å². The summed E-state index contributed by atoms with van der Waals surface area (Å²) in [6.45, 7) is 0. The van der Waals surface area contributed by atoms with E-state index in [4.69, 9.17) is 26.2 Å². The lowest BCUT2D eigenvalue weighted by atomic mass is 9.98. The summed E-state index contributed by atoms with van der Waals surface area (Å²) in [5, 5.41) is 50.0. The normalized spacial score (nSPS) is 27.2. The van der Waals surface area contributed by atoms with Crippen molar-refractivity contribution in [2.24, 2.45) is 0 Å². The molecule has 0 aliphatic carbocycles. The van der Waals surface area contributed by atoms with Crippen molar-refractivity contribution in [3.05, 3.63) is 53.6 Å². The van der Waals surface area contributed by atoms with E-state index in [1.165, 1.54) is 24.3 Å². The van der Waals surface area contributed by atoms with E-state index in [1.807, 2.05) is 0 Å². The van der Waals surface area contributed by atoms with Crippen molar-refractivity contribution in [2.75, 3.05) is 5.06 Å². The lowest BCUT2D eigenvalue weighted by molar-refractivity contribution is -0.237. The van der Waals surface area contributed by atoms with Gasteiger partial charge in [-0.25, -0.2) is 9.86 Å². The maximum absolute atomic E-state index is 11.2. The van der Waals surface area contributed by atoms with E-state index in [2.05, 4.69) is 0 Å². The number of carbonyl (C=O) groups is 1. The number of aliphatic hydroxyl groups is 3. The minimum atomic E-state index is -1.84. The molecule has 9 nitrogen and oxygen atoms in total. The summed E-state index contributed by atoms with van der Waals surface area (Å²) in [6, 6.07) is 12.6. The third-order valence-electron chi connectivity index (χ3n) is 4.22. The molecule has 5 atom stereocenters. The first-order chi connectivity index (χ1) is 13.3. The molecule has 28 heavy (non-hydrogen) atoms. The number of anilines is 1. The highest BCUT2D eigenvalue weighted by atomic mass is 35.5. The van der Waals surface area contributed by atoms with Crippen LogP contribution in [0.3, 0.4) is 0 Å². The third-order valence-corrected chi connectivity index (χ3v) is 4.48. The van der Waals surface area contributed by atoms with Gasteiger partial charge in [-0.15, -0.1) is 0 Å². The predicted molar refractivity (Wildman–Crippen MR) is 96.6 cm³/mol. The topological polar surface area (TPSA) is 140 Å². The minimum absolute atomic E-state index is 0.139. The summed E-state index contributed by atoms with van der Waals surface area (Å²) in [7, 11) is 0. The van der Waals surface area contributed by atoms with Crippen LogP contribution in [0.5, 0.6) is 11.5 Å². The molecule has 0 spiro atoms. The molecule has 0 bridgehead atoms. The number of aliphatic carboxylic acids is 1. The van der Waals surface area contributed by atoms with Gasteiger partial charge >= 0.3 is 5.97 Å². The number of aliphatic hydroxyl groups excluding tert-OH is 3. The van der Waals surface area contributed by atoms with Crippen LogP contribution in [0.1, 0.15) is 0 Å². The number of halogens is 1. The van der Waals surface area contributed by atoms with Crippen LogP contribution in [-0.4, -0.2) is 62.2 Å². The number of carboxylic acids is 1. The van der Waals surface area contributed by atoms with E-state index in [-0.39, 0.29) is 5.69 Å². The van der Waals surface area contributed by atoms with Crippen LogP contribution in [0, 0.1) is 0 Å². The van der Waals surface area contributed by atoms with Crippen molar-refractivity contribution in [1.82, 2.24) is 0 Å². The van der Waals surface area contributed by atoms with E-state index < -0.39 is 36.6 Å². The van der Waals surface area contributed by atoms with Gasteiger partial charge in [0.2, 0.25) is 0 Å². The first kappa shape index (κ1) is 20.3. The summed E-state index contributed by atoms with van der Waals surface area (Å²) in [5.74, 6) is -0.544. The Morgan fingerprint density at radius 1 is 0.929 bits per heavy atom. The van der Waals surface area contributed by atoms with Crippen molar-refractivity contribution in [2.45, 2.75) is 30.6 Å². The van der Waals surface area contributed by atoms with Crippen LogP contribution >= 0.6 is 11.6 Å². The zero-order chi connectivity index (χ0) is 20.4. The molecule has 0 saturated carbocycles. The number of benzene rings is 2. The van der Waals surface area contributed by atoms with Gasteiger partial charge < -0.3 is 29.9 Å². The Morgan fingerprint density at radius 2 is 1.46 bits per heavy atom. The highest BCUT2D eigenvalue weighted by Crippen LogP contribution is 2.29. The van der Waals surface area contributed by atoms with Gasteiger partial charge in [0, 0.05) is 5.02 Å². The molecule has 1 aliphatic heterocycles. The van der Waals surface area contributed by atoms with E-state index in [0.717, 1.165) is 0 Å². The summed E-state index contributed by atoms with van der Waals surface area (Å²) in [5.41, 5.74) is 0.139. The van der Waals surface area contributed by atoms with Gasteiger partial charge in [0.15, 0.2) is 12.3 Å².